The number of nitrogens with zero attached hydrogens (tertiary/aromatic N) is 1. The van der Waals surface area contributed by atoms with Crippen LogP contribution >= 0.6 is 0 Å². The van der Waals surface area contributed by atoms with Gasteiger partial charge in [-0.2, -0.15) is 0 Å². The summed E-state index contributed by atoms with van der Waals surface area (Å²) in [4.78, 5) is 27.8. The highest BCUT2D eigenvalue weighted by Gasteiger charge is 2.35. The van der Waals surface area contributed by atoms with Gasteiger partial charge in [-0.25, -0.2) is 4.98 Å². The maximum absolute atomic E-state index is 11.9. The summed E-state index contributed by atoms with van der Waals surface area (Å²) in [5, 5.41) is 5.24. The number of anilines is 1. The van der Waals surface area contributed by atoms with Crippen molar-refractivity contribution in [2.75, 3.05) is 19.0 Å². The Morgan fingerprint density at radius 3 is 2.86 bits per heavy atom. The molecule has 2 N–H and O–H groups in total. The molecule has 2 amide bonds. The van der Waals surface area contributed by atoms with Crippen LogP contribution in [-0.2, 0) is 9.59 Å². The van der Waals surface area contributed by atoms with Gasteiger partial charge in [-0.1, -0.05) is 12.2 Å². The summed E-state index contributed by atoms with van der Waals surface area (Å²) < 4.78 is 5.04. The third-order valence-electron chi connectivity index (χ3n) is 4.36. The molecule has 2 aliphatic carbocycles. The van der Waals surface area contributed by atoms with Crippen molar-refractivity contribution in [2.45, 2.75) is 12.8 Å². The third kappa shape index (κ3) is 2.95. The van der Waals surface area contributed by atoms with Crippen molar-refractivity contribution in [3.05, 3.63) is 30.5 Å². The Morgan fingerprint density at radius 2 is 2.18 bits per heavy atom. The van der Waals surface area contributed by atoms with Crippen LogP contribution in [0.15, 0.2) is 30.5 Å². The van der Waals surface area contributed by atoms with Crippen molar-refractivity contribution in [3.63, 3.8) is 0 Å². The quantitative estimate of drug-likeness (QED) is 0.650. The first-order valence-corrected chi connectivity index (χ1v) is 7.44. The van der Waals surface area contributed by atoms with Crippen LogP contribution in [0.2, 0.25) is 0 Å². The molecular weight excluding hydrogens is 282 g/mol. The highest BCUT2D eigenvalue weighted by molar-refractivity contribution is 6.39. The molecule has 1 fully saturated rings. The smallest absolute Gasteiger partial charge is 0.313 e. The lowest BCUT2D eigenvalue weighted by Crippen LogP contribution is -2.38. The van der Waals surface area contributed by atoms with Gasteiger partial charge in [-0.05, 0) is 42.7 Å². The summed E-state index contributed by atoms with van der Waals surface area (Å²) in [5.74, 6) is 0.594. The number of carbonyl (C=O) groups excluding carboxylic acids is 2. The Labute approximate surface area is 129 Å². The number of rotatable bonds is 4. The Morgan fingerprint density at radius 1 is 1.32 bits per heavy atom. The molecule has 3 rings (SSSR count). The van der Waals surface area contributed by atoms with Gasteiger partial charge in [0.05, 0.1) is 7.11 Å². The number of ether oxygens (including phenoxy) is 1. The van der Waals surface area contributed by atoms with Crippen molar-refractivity contribution in [1.29, 1.82) is 0 Å². The van der Waals surface area contributed by atoms with Crippen LogP contribution in [0.3, 0.4) is 0 Å². The second kappa shape index (κ2) is 6.17. The van der Waals surface area contributed by atoms with E-state index in [1.165, 1.54) is 13.5 Å². The first kappa shape index (κ1) is 14.6. The van der Waals surface area contributed by atoms with Crippen LogP contribution < -0.4 is 15.4 Å². The SMILES string of the molecule is COc1ncccc1NC(=O)C(=O)NC[C@H]1C[C@H]2C=C[C@H]1C2. The van der Waals surface area contributed by atoms with Crippen LogP contribution in [-0.4, -0.2) is 30.5 Å². The van der Waals surface area contributed by atoms with Gasteiger partial charge in [0, 0.05) is 12.7 Å². The standard InChI is InChI=1S/C16H19N3O3/c1-22-16-13(3-2-6-17-16)19-15(21)14(20)18-9-12-8-10-4-5-11(12)7-10/h2-6,10-12H,7-9H2,1H3,(H,18,20)(H,19,21)/t10-,11-,12+/m0/s1. The summed E-state index contributed by atoms with van der Waals surface area (Å²) in [6.45, 7) is 0.544. The Hall–Kier alpha value is -2.37. The molecule has 116 valence electrons. The number of nitrogens with one attached hydrogen (secondary N) is 2. The molecule has 0 radical (unpaired) electrons. The normalized spacial score (nSPS) is 25.0. The van der Waals surface area contributed by atoms with Gasteiger partial charge < -0.3 is 15.4 Å². The third-order valence-corrected chi connectivity index (χ3v) is 4.36. The molecule has 6 heteroatoms. The Kier molecular flexibility index (Phi) is 4.09. The van der Waals surface area contributed by atoms with E-state index in [1.54, 1.807) is 18.3 Å². The van der Waals surface area contributed by atoms with Gasteiger partial charge in [-0.15, -0.1) is 0 Å². The molecule has 0 unspecified atom stereocenters. The van der Waals surface area contributed by atoms with E-state index in [2.05, 4.69) is 27.8 Å². The number of pyridine rings is 1. The van der Waals surface area contributed by atoms with E-state index in [0.29, 0.717) is 30.0 Å². The van der Waals surface area contributed by atoms with Gasteiger partial charge in [0.25, 0.3) is 0 Å². The van der Waals surface area contributed by atoms with Crippen LogP contribution in [0, 0.1) is 17.8 Å². The van der Waals surface area contributed by atoms with E-state index in [9.17, 15) is 9.59 Å². The molecule has 1 aromatic rings. The second-order valence-electron chi connectivity index (χ2n) is 5.76. The van der Waals surface area contributed by atoms with Crippen LogP contribution in [0.1, 0.15) is 12.8 Å². The molecule has 0 saturated heterocycles. The highest BCUT2D eigenvalue weighted by Crippen LogP contribution is 2.42. The van der Waals surface area contributed by atoms with E-state index in [-0.39, 0.29) is 5.88 Å². The zero-order chi connectivity index (χ0) is 15.5. The molecule has 1 heterocycles. The molecule has 1 aromatic heterocycles. The number of carbonyl (C=O) groups is 2. The molecule has 1 saturated carbocycles. The Bertz CT molecular complexity index is 614. The molecule has 6 nitrogen and oxygen atoms in total. The lowest BCUT2D eigenvalue weighted by molar-refractivity contribution is -0.136. The van der Waals surface area contributed by atoms with E-state index in [0.717, 1.165) is 6.42 Å². The lowest BCUT2D eigenvalue weighted by Gasteiger charge is -2.18. The average Bonchev–Trinajstić information content (AvgIpc) is 3.15. The first-order valence-electron chi connectivity index (χ1n) is 7.44. The van der Waals surface area contributed by atoms with Crippen LogP contribution in [0.25, 0.3) is 0 Å². The molecular formula is C16H19N3O3. The number of fused-ring (bicyclic) bond motifs is 2. The zero-order valence-corrected chi connectivity index (χ0v) is 12.4. The van der Waals surface area contributed by atoms with E-state index in [4.69, 9.17) is 4.74 Å². The number of methoxy groups -OCH3 is 1. The zero-order valence-electron chi connectivity index (χ0n) is 12.4. The minimum Gasteiger partial charge on any atom is -0.480 e. The summed E-state index contributed by atoms with van der Waals surface area (Å²) in [5.41, 5.74) is 0.382. The van der Waals surface area contributed by atoms with Gasteiger partial charge in [0.1, 0.15) is 5.69 Å². The summed E-state index contributed by atoms with van der Waals surface area (Å²) >= 11 is 0. The maximum Gasteiger partial charge on any atom is 0.313 e. The number of aromatic nitrogens is 1. The molecule has 0 spiro atoms. The molecule has 2 aliphatic rings. The average molecular weight is 301 g/mol. The molecule has 0 aliphatic heterocycles. The van der Waals surface area contributed by atoms with Crippen molar-refractivity contribution in [3.8, 4) is 5.88 Å². The predicted molar refractivity (Wildman–Crippen MR) is 81.3 cm³/mol. The summed E-state index contributed by atoms with van der Waals surface area (Å²) in [6, 6.07) is 3.30. The molecule has 22 heavy (non-hydrogen) atoms. The summed E-state index contributed by atoms with van der Waals surface area (Å²) in [7, 11) is 1.46. The van der Waals surface area contributed by atoms with Crippen molar-refractivity contribution < 1.29 is 14.3 Å². The van der Waals surface area contributed by atoms with Gasteiger partial charge in [0.15, 0.2) is 0 Å². The van der Waals surface area contributed by atoms with E-state index < -0.39 is 11.8 Å². The summed E-state index contributed by atoms with van der Waals surface area (Å²) in [6.07, 6.45) is 8.31. The van der Waals surface area contributed by atoms with Crippen molar-refractivity contribution >= 4 is 17.5 Å². The Balaban J connectivity index is 1.52. The minimum atomic E-state index is -0.704. The van der Waals surface area contributed by atoms with Crippen LogP contribution in [0.5, 0.6) is 5.88 Å². The van der Waals surface area contributed by atoms with Crippen molar-refractivity contribution in [2.24, 2.45) is 17.8 Å². The van der Waals surface area contributed by atoms with Gasteiger partial charge in [0.2, 0.25) is 5.88 Å². The molecule has 2 bridgehead atoms. The number of amides is 2. The highest BCUT2D eigenvalue weighted by atomic mass is 16.5. The molecule has 0 aromatic carbocycles. The fourth-order valence-electron chi connectivity index (χ4n) is 3.26. The minimum absolute atomic E-state index is 0.280. The van der Waals surface area contributed by atoms with Gasteiger partial charge in [-0.3, -0.25) is 9.59 Å². The predicted octanol–water partition coefficient (Wildman–Crippen LogP) is 1.36. The fourth-order valence-corrected chi connectivity index (χ4v) is 3.26. The lowest BCUT2D eigenvalue weighted by atomic mass is 9.94. The second-order valence-corrected chi connectivity index (χ2v) is 5.76. The fraction of sp³-hybridized carbons (Fsp3) is 0.438. The van der Waals surface area contributed by atoms with Gasteiger partial charge >= 0.3 is 11.8 Å². The van der Waals surface area contributed by atoms with Crippen LogP contribution in [0.4, 0.5) is 5.69 Å². The molecule has 3 atom stereocenters. The first-order chi connectivity index (χ1) is 10.7. The van der Waals surface area contributed by atoms with Crippen molar-refractivity contribution in [1.82, 2.24) is 10.3 Å². The largest absolute Gasteiger partial charge is 0.480 e. The number of hydrogen-bond acceptors (Lipinski definition) is 4. The van der Waals surface area contributed by atoms with E-state index in [1.807, 2.05) is 0 Å². The number of hydrogen-bond donors (Lipinski definition) is 2. The number of allylic oxidation sites excluding steroid dienone is 2. The maximum atomic E-state index is 11.9. The monoisotopic (exact) mass is 301 g/mol. The topological polar surface area (TPSA) is 80.3 Å². The van der Waals surface area contributed by atoms with E-state index >= 15 is 0 Å².